The summed E-state index contributed by atoms with van der Waals surface area (Å²) in [6.07, 6.45) is 1.68. The minimum Gasteiger partial charge on any atom is -0.335 e. The van der Waals surface area contributed by atoms with E-state index in [2.05, 4.69) is 4.18 Å². The number of benzene rings is 1. The Hall–Kier alpha value is -0.660. The molecule has 3 rings (SSSR count). The molecular formula is C19H28Cl3N3O6S2. The van der Waals surface area contributed by atoms with Gasteiger partial charge in [-0.15, -0.1) is 12.4 Å². The molecule has 0 radical (unpaired) electrons. The van der Waals surface area contributed by atoms with Crippen LogP contribution in [0.5, 0.6) is 0 Å². The SMILES string of the molecule is COS(=O)(=O)C1CCN(CC2CN(S(C)(=O)=O)CCN2C(=O)Cc2ccc(Cl)c(Cl)c2)C1.Cl. The van der Waals surface area contributed by atoms with Gasteiger partial charge in [0.2, 0.25) is 15.9 Å². The lowest BCUT2D eigenvalue weighted by atomic mass is 10.1. The first-order valence-corrected chi connectivity index (χ1v) is 14.2. The molecule has 0 N–H and O–H groups in total. The van der Waals surface area contributed by atoms with Gasteiger partial charge < -0.3 is 4.90 Å². The molecule has 0 spiro atoms. The fraction of sp³-hybridized carbons (Fsp3) is 0.632. The molecule has 0 aromatic heterocycles. The highest BCUT2D eigenvalue weighted by Crippen LogP contribution is 2.25. The predicted octanol–water partition coefficient (Wildman–Crippen LogP) is 1.48. The highest BCUT2D eigenvalue weighted by atomic mass is 35.5. The van der Waals surface area contributed by atoms with Gasteiger partial charge in [0.1, 0.15) is 5.25 Å². The van der Waals surface area contributed by atoms with Crippen molar-refractivity contribution in [3.05, 3.63) is 33.8 Å². The Morgan fingerprint density at radius 3 is 2.39 bits per heavy atom. The number of carbonyl (C=O) groups excluding carboxylic acids is 1. The van der Waals surface area contributed by atoms with E-state index in [9.17, 15) is 21.6 Å². The van der Waals surface area contributed by atoms with Crippen LogP contribution in [-0.2, 0) is 35.5 Å². The van der Waals surface area contributed by atoms with Crippen molar-refractivity contribution >= 4 is 61.7 Å². The van der Waals surface area contributed by atoms with Crippen molar-refractivity contribution in [1.29, 1.82) is 0 Å². The van der Waals surface area contributed by atoms with Crippen LogP contribution in [0.3, 0.4) is 0 Å². The normalized spacial score (nSPS) is 22.8. The number of halogens is 3. The Bertz CT molecular complexity index is 1070. The number of hydrogen-bond acceptors (Lipinski definition) is 7. The van der Waals surface area contributed by atoms with Gasteiger partial charge >= 0.3 is 0 Å². The highest BCUT2D eigenvalue weighted by molar-refractivity contribution is 7.88. The second-order valence-corrected chi connectivity index (χ2v) is 12.9. The van der Waals surface area contributed by atoms with Crippen LogP contribution in [0.15, 0.2) is 18.2 Å². The Labute approximate surface area is 211 Å². The molecule has 2 heterocycles. The molecule has 1 aromatic carbocycles. The summed E-state index contributed by atoms with van der Waals surface area (Å²) in [5.74, 6) is -0.151. The summed E-state index contributed by atoms with van der Waals surface area (Å²) in [4.78, 5) is 16.7. The molecule has 2 atom stereocenters. The van der Waals surface area contributed by atoms with Crippen molar-refractivity contribution in [2.75, 3.05) is 52.6 Å². The zero-order chi connectivity index (χ0) is 23.7. The van der Waals surface area contributed by atoms with Crippen LogP contribution in [-0.4, -0.2) is 101 Å². The summed E-state index contributed by atoms with van der Waals surface area (Å²) < 4.78 is 54.3. The lowest BCUT2D eigenvalue weighted by Gasteiger charge is -2.42. The van der Waals surface area contributed by atoms with E-state index in [1.165, 1.54) is 4.31 Å². The van der Waals surface area contributed by atoms with E-state index in [1.54, 1.807) is 23.1 Å². The van der Waals surface area contributed by atoms with Crippen molar-refractivity contribution in [3.8, 4) is 0 Å². The zero-order valence-electron chi connectivity index (χ0n) is 18.3. The lowest BCUT2D eigenvalue weighted by Crippen LogP contribution is -2.59. The third-order valence-electron chi connectivity index (χ3n) is 5.91. The molecule has 0 saturated carbocycles. The summed E-state index contributed by atoms with van der Waals surface area (Å²) in [6, 6.07) is 4.60. The van der Waals surface area contributed by atoms with Gasteiger partial charge in [0.05, 0.1) is 35.9 Å². The quantitative estimate of drug-likeness (QED) is 0.462. The monoisotopic (exact) mass is 563 g/mol. The van der Waals surface area contributed by atoms with Crippen molar-refractivity contribution < 1.29 is 25.8 Å². The average Bonchev–Trinajstić information content (AvgIpc) is 3.19. The van der Waals surface area contributed by atoms with Crippen molar-refractivity contribution in [1.82, 2.24) is 14.1 Å². The molecule has 2 fully saturated rings. The fourth-order valence-electron chi connectivity index (χ4n) is 4.17. The number of sulfonamides is 1. The number of hydrogen-bond donors (Lipinski definition) is 0. The summed E-state index contributed by atoms with van der Waals surface area (Å²) in [7, 11) is -5.91. The maximum atomic E-state index is 13.1. The number of carbonyl (C=O) groups is 1. The van der Waals surface area contributed by atoms with Gasteiger partial charge in [0.15, 0.2) is 0 Å². The molecule has 33 heavy (non-hydrogen) atoms. The summed E-state index contributed by atoms with van der Waals surface area (Å²) in [5.41, 5.74) is 0.709. The number of likely N-dealkylation sites (tertiary alicyclic amines) is 1. The maximum absolute atomic E-state index is 13.1. The van der Waals surface area contributed by atoms with Crippen LogP contribution in [0.2, 0.25) is 10.0 Å². The molecule has 1 aromatic rings. The van der Waals surface area contributed by atoms with Crippen LogP contribution in [0.25, 0.3) is 0 Å². The highest BCUT2D eigenvalue weighted by Gasteiger charge is 2.38. The zero-order valence-corrected chi connectivity index (χ0v) is 22.3. The second-order valence-electron chi connectivity index (χ2n) is 8.12. The van der Waals surface area contributed by atoms with E-state index in [0.29, 0.717) is 35.1 Å². The van der Waals surface area contributed by atoms with Gasteiger partial charge in [0, 0.05) is 32.7 Å². The number of nitrogens with zero attached hydrogens (tertiary/aromatic N) is 3. The molecule has 0 aliphatic carbocycles. The first kappa shape index (κ1) is 28.6. The van der Waals surface area contributed by atoms with E-state index < -0.39 is 31.4 Å². The Morgan fingerprint density at radius 1 is 1.09 bits per heavy atom. The third kappa shape index (κ3) is 7.17. The Kier molecular flexibility index (Phi) is 9.86. The van der Waals surface area contributed by atoms with Crippen molar-refractivity contribution in [2.24, 2.45) is 0 Å². The van der Waals surface area contributed by atoms with E-state index in [1.807, 2.05) is 4.90 Å². The Morgan fingerprint density at radius 2 is 1.79 bits per heavy atom. The van der Waals surface area contributed by atoms with E-state index >= 15 is 0 Å². The van der Waals surface area contributed by atoms with E-state index in [0.717, 1.165) is 13.4 Å². The molecule has 2 saturated heterocycles. The van der Waals surface area contributed by atoms with Gasteiger partial charge in [-0.3, -0.25) is 13.9 Å². The maximum Gasteiger partial charge on any atom is 0.271 e. The molecule has 0 bridgehead atoms. The average molecular weight is 565 g/mol. The molecule has 9 nitrogen and oxygen atoms in total. The fourth-order valence-corrected chi connectivity index (χ4v) is 6.41. The minimum absolute atomic E-state index is 0. The molecule has 188 valence electrons. The third-order valence-corrected chi connectivity index (χ3v) is 9.59. The molecule has 2 aliphatic rings. The van der Waals surface area contributed by atoms with E-state index in [4.69, 9.17) is 23.2 Å². The van der Waals surface area contributed by atoms with Gasteiger partial charge in [-0.1, -0.05) is 29.3 Å². The van der Waals surface area contributed by atoms with Crippen LogP contribution in [0.1, 0.15) is 12.0 Å². The Balaban J connectivity index is 0.00000385. The van der Waals surface area contributed by atoms with Crippen LogP contribution >= 0.6 is 35.6 Å². The van der Waals surface area contributed by atoms with Gasteiger partial charge in [-0.2, -0.15) is 12.7 Å². The number of piperazine rings is 1. The van der Waals surface area contributed by atoms with Crippen LogP contribution in [0.4, 0.5) is 0 Å². The predicted molar refractivity (Wildman–Crippen MR) is 130 cm³/mol. The van der Waals surface area contributed by atoms with Crippen molar-refractivity contribution in [3.63, 3.8) is 0 Å². The van der Waals surface area contributed by atoms with Gasteiger partial charge in [-0.05, 0) is 30.7 Å². The number of amides is 1. The summed E-state index contributed by atoms with van der Waals surface area (Å²) in [6.45, 7) is 1.80. The molecular weight excluding hydrogens is 537 g/mol. The summed E-state index contributed by atoms with van der Waals surface area (Å²) in [5, 5.41) is 0.123. The summed E-state index contributed by atoms with van der Waals surface area (Å²) >= 11 is 12.0. The number of rotatable bonds is 7. The second kappa shape index (κ2) is 11.4. The molecule has 1 amide bonds. The van der Waals surface area contributed by atoms with Crippen LogP contribution < -0.4 is 0 Å². The van der Waals surface area contributed by atoms with E-state index in [-0.39, 0.29) is 50.9 Å². The molecule has 2 unspecified atom stereocenters. The first-order chi connectivity index (χ1) is 14.9. The lowest BCUT2D eigenvalue weighted by molar-refractivity contribution is -0.135. The minimum atomic E-state index is -3.64. The van der Waals surface area contributed by atoms with Crippen molar-refractivity contribution in [2.45, 2.75) is 24.1 Å². The van der Waals surface area contributed by atoms with Gasteiger partial charge in [0.25, 0.3) is 10.1 Å². The topological polar surface area (TPSA) is 104 Å². The van der Waals surface area contributed by atoms with Crippen LogP contribution in [0, 0.1) is 0 Å². The van der Waals surface area contributed by atoms with Gasteiger partial charge in [-0.25, -0.2) is 8.42 Å². The molecule has 14 heteroatoms. The standard InChI is InChI=1S/C19H27Cl2N3O6S2.ClH/c1-30-32(28,29)16-5-6-22(13-16)11-15-12-23(31(2,26)27)7-8-24(15)19(25)10-14-3-4-17(20)18(21)9-14;/h3-4,9,15-16H,5-8,10-13H2,1-2H3;1H. The largest absolute Gasteiger partial charge is 0.335 e. The first-order valence-electron chi connectivity index (χ1n) is 10.1. The smallest absolute Gasteiger partial charge is 0.271 e. The molecule has 2 aliphatic heterocycles.